The molecule has 0 amide bonds. The monoisotopic (exact) mass is 480 g/mol. The van der Waals surface area contributed by atoms with Crippen LogP contribution in [0.25, 0.3) is 0 Å². The van der Waals surface area contributed by atoms with Crippen LogP contribution in [0.4, 0.5) is 0 Å². The van der Waals surface area contributed by atoms with Crippen LogP contribution >= 0.6 is 6.89 Å². The number of hydrogen-bond acceptors (Lipinski definition) is 1. The number of carbonyl (C=O) groups is 1. The first-order valence-corrected chi connectivity index (χ1v) is 13.7. The summed E-state index contributed by atoms with van der Waals surface area (Å²) < 4.78 is 0. The topological polar surface area (TPSA) is 17.1 Å². The maximum atomic E-state index is 13.8. The van der Waals surface area contributed by atoms with Crippen LogP contribution in [-0.4, -0.2) is 11.6 Å². The van der Waals surface area contributed by atoms with Crippen molar-refractivity contribution in [2.45, 2.75) is 0 Å². The molecule has 0 aliphatic carbocycles. The van der Waals surface area contributed by atoms with E-state index in [1.54, 1.807) is 0 Å². The van der Waals surface area contributed by atoms with Gasteiger partial charge in [-0.3, -0.25) is 4.79 Å². The lowest BCUT2D eigenvalue weighted by atomic mass is 10.1. The lowest BCUT2D eigenvalue weighted by Gasteiger charge is -2.28. The fraction of sp³-hybridized carbons (Fsp3) is 0. The van der Waals surface area contributed by atoms with Crippen molar-refractivity contribution >= 4 is 34.4 Å². The van der Waals surface area contributed by atoms with Crippen LogP contribution < -0.4 is 15.9 Å². The van der Waals surface area contributed by atoms with Gasteiger partial charge in [0, 0.05) is 16.7 Å². The fourth-order valence-electron chi connectivity index (χ4n) is 4.29. The summed E-state index contributed by atoms with van der Waals surface area (Å²) in [7, 11) is 0. The first-order valence-electron chi connectivity index (χ1n) is 11.9. The molecule has 0 radical (unpaired) electrons. The molecule has 0 N–H and O–H groups in total. The van der Waals surface area contributed by atoms with Crippen molar-refractivity contribution in [3.63, 3.8) is 0 Å². The summed E-state index contributed by atoms with van der Waals surface area (Å²) in [5, 5.41) is 3.46. The number of Topliss-reactive ketones (excluding diaryl/α,β-unsaturated/α-hetero) is 1. The molecule has 5 aromatic carbocycles. The second kappa shape index (κ2) is 10.9. The van der Waals surface area contributed by atoms with Crippen molar-refractivity contribution in [2.24, 2.45) is 0 Å². The van der Waals surface area contributed by atoms with E-state index in [2.05, 4.69) is 84.6 Å². The molecular weight excluding hydrogens is 455 g/mol. The van der Waals surface area contributed by atoms with Crippen molar-refractivity contribution < 1.29 is 4.79 Å². The third-order valence-corrected chi connectivity index (χ3v) is 10.1. The normalized spacial score (nSPS) is 10.7. The predicted molar refractivity (Wildman–Crippen MR) is 154 cm³/mol. The van der Waals surface area contributed by atoms with Gasteiger partial charge in [-0.25, -0.2) is 0 Å². The van der Waals surface area contributed by atoms with Crippen LogP contribution in [0.3, 0.4) is 0 Å². The smallest absolute Gasteiger partial charge is 0.186 e. The summed E-state index contributed by atoms with van der Waals surface area (Å²) in [6.45, 7) is -2.34. The van der Waals surface area contributed by atoms with Gasteiger partial charge in [-0.2, -0.15) is 0 Å². The molecule has 0 unspecified atom stereocenters. The molecule has 5 rings (SSSR count). The van der Waals surface area contributed by atoms with Gasteiger partial charge in [0.2, 0.25) is 0 Å². The molecular formula is C34H25OP. The summed E-state index contributed by atoms with van der Waals surface area (Å²) in [6.07, 6.45) is 0. The summed E-state index contributed by atoms with van der Waals surface area (Å²) >= 11 is 0. The number of benzene rings is 5. The Kier molecular flexibility index (Phi) is 7.09. The fourth-order valence-corrected chi connectivity index (χ4v) is 8.06. The molecule has 0 aliphatic heterocycles. The minimum atomic E-state index is -2.34. The van der Waals surface area contributed by atoms with Crippen molar-refractivity contribution in [1.29, 1.82) is 0 Å². The minimum Gasteiger partial charge on any atom is -0.289 e. The molecule has 0 atom stereocenters. The first kappa shape index (κ1) is 23.4. The van der Waals surface area contributed by atoms with Gasteiger partial charge < -0.3 is 0 Å². The molecule has 0 saturated carbocycles. The number of ketones is 1. The zero-order chi connectivity index (χ0) is 24.6. The van der Waals surface area contributed by atoms with Crippen molar-refractivity contribution in [3.8, 4) is 11.8 Å². The van der Waals surface area contributed by atoms with E-state index in [0.29, 0.717) is 5.56 Å². The van der Waals surface area contributed by atoms with Crippen LogP contribution in [-0.2, 0) is 0 Å². The Bertz CT molecular complexity index is 1460. The molecule has 1 nitrogen and oxygen atoms in total. The van der Waals surface area contributed by atoms with Gasteiger partial charge in [-0.1, -0.05) is 121 Å². The second-order valence-electron chi connectivity index (χ2n) is 8.42. The average molecular weight is 481 g/mol. The average Bonchev–Trinajstić information content (AvgIpc) is 2.97. The molecule has 0 heterocycles. The maximum Gasteiger partial charge on any atom is 0.186 e. The standard InChI is InChI=1S/C34H25OP/c35-34(30-25-23-29(24-26-30)22-21-28-13-5-1-6-14-28)27-36(31-15-7-2-8-16-31,32-17-9-3-10-18-32)33-19-11-4-12-20-33/h1-20,23-27H. The van der Waals surface area contributed by atoms with Crippen molar-refractivity contribution in [2.75, 3.05) is 0 Å². The van der Waals surface area contributed by atoms with Crippen LogP contribution in [0.2, 0.25) is 0 Å². The quantitative estimate of drug-likeness (QED) is 0.170. The highest BCUT2D eigenvalue weighted by Crippen LogP contribution is 2.43. The van der Waals surface area contributed by atoms with Gasteiger partial charge >= 0.3 is 0 Å². The van der Waals surface area contributed by atoms with E-state index in [9.17, 15) is 4.79 Å². The zero-order valence-electron chi connectivity index (χ0n) is 19.8. The molecule has 0 fully saturated rings. The lowest BCUT2D eigenvalue weighted by Crippen LogP contribution is -2.28. The van der Waals surface area contributed by atoms with Crippen LogP contribution in [0.1, 0.15) is 21.5 Å². The number of carbonyl (C=O) groups excluding carboxylic acids is 1. The largest absolute Gasteiger partial charge is 0.289 e. The van der Waals surface area contributed by atoms with Crippen molar-refractivity contribution in [1.82, 2.24) is 0 Å². The van der Waals surface area contributed by atoms with E-state index in [-0.39, 0.29) is 5.78 Å². The summed E-state index contributed by atoms with van der Waals surface area (Å²) in [5.41, 5.74) is 2.51. The Morgan fingerprint density at radius 1 is 0.472 bits per heavy atom. The van der Waals surface area contributed by atoms with Gasteiger partial charge in [-0.05, 0) is 65.0 Å². The summed E-state index contributed by atoms with van der Waals surface area (Å²) in [5.74, 6) is 8.35. The van der Waals surface area contributed by atoms with E-state index >= 15 is 0 Å². The van der Waals surface area contributed by atoms with E-state index in [0.717, 1.165) is 27.0 Å². The van der Waals surface area contributed by atoms with Crippen molar-refractivity contribution in [3.05, 3.63) is 162 Å². The Hall–Kier alpha value is -4.37. The summed E-state index contributed by atoms with van der Waals surface area (Å²) in [6, 6.07) is 48.7. The molecule has 0 aliphatic rings. The Morgan fingerprint density at radius 2 is 0.833 bits per heavy atom. The van der Waals surface area contributed by atoms with E-state index in [4.69, 9.17) is 0 Å². The highest BCUT2D eigenvalue weighted by molar-refractivity contribution is 7.95. The van der Waals surface area contributed by atoms with Gasteiger partial charge in [0.1, 0.15) is 0 Å². The highest BCUT2D eigenvalue weighted by atomic mass is 31.2. The minimum absolute atomic E-state index is 0.0162. The van der Waals surface area contributed by atoms with Gasteiger partial charge in [0.25, 0.3) is 0 Å². The molecule has 0 spiro atoms. The molecule has 2 heteroatoms. The third kappa shape index (κ3) is 5.01. The Balaban J connectivity index is 1.61. The van der Waals surface area contributed by atoms with E-state index < -0.39 is 6.89 Å². The van der Waals surface area contributed by atoms with Crippen LogP contribution in [0, 0.1) is 11.8 Å². The molecule has 36 heavy (non-hydrogen) atoms. The maximum absolute atomic E-state index is 13.8. The van der Waals surface area contributed by atoms with E-state index in [1.165, 1.54) is 0 Å². The van der Waals surface area contributed by atoms with Gasteiger partial charge in [-0.15, -0.1) is 0 Å². The SMILES string of the molecule is O=C(C=P(c1ccccc1)(c1ccccc1)c1ccccc1)c1ccc(C#Cc2ccccc2)cc1. The highest BCUT2D eigenvalue weighted by Gasteiger charge is 2.26. The zero-order valence-corrected chi connectivity index (χ0v) is 20.7. The van der Waals surface area contributed by atoms with Gasteiger partial charge in [0.05, 0.1) is 0 Å². The molecule has 172 valence electrons. The second-order valence-corrected chi connectivity index (χ2v) is 11.7. The first-order chi connectivity index (χ1) is 17.8. The Morgan fingerprint density at radius 3 is 1.25 bits per heavy atom. The molecule has 0 bridgehead atoms. The molecule has 0 saturated heterocycles. The lowest BCUT2D eigenvalue weighted by molar-refractivity contribution is 0.107. The van der Waals surface area contributed by atoms with E-state index in [1.807, 2.05) is 78.6 Å². The van der Waals surface area contributed by atoms with Crippen LogP contribution in [0.15, 0.2) is 146 Å². The third-order valence-electron chi connectivity index (χ3n) is 6.10. The summed E-state index contributed by atoms with van der Waals surface area (Å²) in [4.78, 5) is 13.8. The van der Waals surface area contributed by atoms with Crippen LogP contribution in [0.5, 0.6) is 0 Å². The molecule has 5 aromatic rings. The Labute approximate surface area is 213 Å². The number of hydrogen-bond donors (Lipinski definition) is 0. The molecule has 0 aromatic heterocycles. The van der Waals surface area contributed by atoms with Gasteiger partial charge in [0.15, 0.2) is 5.78 Å². The predicted octanol–water partition coefficient (Wildman–Crippen LogP) is 6.07. The number of rotatable bonds is 5.